The Morgan fingerprint density at radius 2 is 2.13 bits per heavy atom. The third kappa shape index (κ3) is 4.80. The number of hydrogen-bond donors (Lipinski definition) is 2. The zero-order chi connectivity index (χ0) is 20.9. The summed E-state index contributed by atoms with van der Waals surface area (Å²) in [5.41, 5.74) is 1.71. The number of nitrogens with zero attached hydrogens (tertiary/aromatic N) is 5. The van der Waals surface area contributed by atoms with Gasteiger partial charge in [-0.3, -0.25) is 9.36 Å². The number of benzene rings is 1. The lowest BCUT2D eigenvalue weighted by molar-refractivity contribution is -0.121. The van der Waals surface area contributed by atoms with E-state index < -0.39 is 0 Å². The molecule has 9 heteroatoms. The van der Waals surface area contributed by atoms with Crippen molar-refractivity contribution >= 4 is 11.7 Å². The van der Waals surface area contributed by atoms with Crippen LogP contribution in [-0.2, 0) is 11.3 Å². The van der Waals surface area contributed by atoms with Crippen molar-refractivity contribution in [3.05, 3.63) is 66.1 Å². The molecule has 3 heterocycles. The Morgan fingerprint density at radius 3 is 2.90 bits per heavy atom. The van der Waals surface area contributed by atoms with Gasteiger partial charge in [0, 0.05) is 56.8 Å². The molecule has 1 fully saturated rings. The van der Waals surface area contributed by atoms with Gasteiger partial charge in [-0.2, -0.15) is 4.98 Å². The predicted molar refractivity (Wildman–Crippen MR) is 111 cm³/mol. The average molecular weight is 409 g/mol. The molecule has 0 saturated carbocycles. The Kier molecular flexibility index (Phi) is 5.99. The summed E-state index contributed by atoms with van der Waals surface area (Å²) in [5.74, 6) is 1.01. The molecule has 4 rings (SSSR count). The zero-order valence-electron chi connectivity index (χ0n) is 16.8. The van der Waals surface area contributed by atoms with Crippen LogP contribution in [0, 0.1) is 12.7 Å². The molecule has 1 aromatic carbocycles. The molecule has 156 valence electrons. The molecule has 0 spiro atoms. The van der Waals surface area contributed by atoms with E-state index in [0.717, 1.165) is 30.2 Å². The normalized spacial score (nSPS) is 16.5. The summed E-state index contributed by atoms with van der Waals surface area (Å²) in [6.45, 7) is 4.55. The number of hydrogen-bond acceptors (Lipinski definition) is 6. The lowest BCUT2D eigenvalue weighted by atomic mass is 10.1. The summed E-state index contributed by atoms with van der Waals surface area (Å²) >= 11 is 0. The topological polar surface area (TPSA) is 88.0 Å². The molecule has 1 amide bonds. The minimum absolute atomic E-state index is 0.0306. The van der Waals surface area contributed by atoms with Crippen molar-refractivity contribution in [3.63, 3.8) is 0 Å². The number of carbonyl (C=O) groups is 1. The SMILES string of the molecule is Cc1cc(N2CCNCC2CC(=O)NCc2ccc(F)cc2)nc(-n2ccnc2)n1. The standard InChI is InChI=1S/C21H24FN7O/c1-15-10-19(27-21(26-15)28-8-6-24-14-28)29-9-7-23-13-18(29)11-20(30)25-12-16-2-4-17(22)5-3-16/h2-6,8,10,14,18,23H,7,9,11-13H2,1H3,(H,25,30). The lowest BCUT2D eigenvalue weighted by Gasteiger charge is -2.37. The highest BCUT2D eigenvalue weighted by Crippen LogP contribution is 2.20. The van der Waals surface area contributed by atoms with Crippen LogP contribution in [0.5, 0.6) is 0 Å². The zero-order valence-corrected chi connectivity index (χ0v) is 16.8. The van der Waals surface area contributed by atoms with Crippen LogP contribution in [0.3, 0.4) is 0 Å². The number of nitrogens with one attached hydrogen (secondary N) is 2. The first-order valence-corrected chi connectivity index (χ1v) is 9.91. The number of halogens is 1. The van der Waals surface area contributed by atoms with Crippen molar-refractivity contribution in [1.82, 2.24) is 30.2 Å². The number of rotatable bonds is 6. The van der Waals surface area contributed by atoms with Gasteiger partial charge in [-0.25, -0.2) is 14.4 Å². The van der Waals surface area contributed by atoms with Gasteiger partial charge in [-0.15, -0.1) is 0 Å². The minimum atomic E-state index is -0.288. The number of amides is 1. The van der Waals surface area contributed by atoms with Gasteiger partial charge in [0.2, 0.25) is 11.9 Å². The molecule has 1 atom stereocenters. The van der Waals surface area contributed by atoms with Crippen molar-refractivity contribution in [2.75, 3.05) is 24.5 Å². The van der Waals surface area contributed by atoms with Crippen LogP contribution in [0.1, 0.15) is 17.7 Å². The van der Waals surface area contributed by atoms with Crippen LogP contribution >= 0.6 is 0 Å². The van der Waals surface area contributed by atoms with E-state index in [9.17, 15) is 9.18 Å². The molecule has 30 heavy (non-hydrogen) atoms. The number of imidazole rings is 1. The molecule has 2 N–H and O–H groups in total. The van der Waals surface area contributed by atoms with Crippen molar-refractivity contribution in [2.24, 2.45) is 0 Å². The Morgan fingerprint density at radius 1 is 1.30 bits per heavy atom. The predicted octanol–water partition coefficient (Wildman–Crippen LogP) is 1.59. The van der Waals surface area contributed by atoms with Gasteiger partial charge in [-0.1, -0.05) is 12.1 Å². The summed E-state index contributed by atoms with van der Waals surface area (Å²) < 4.78 is 14.8. The fourth-order valence-electron chi connectivity index (χ4n) is 3.51. The molecular weight excluding hydrogens is 385 g/mol. The van der Waals surface area contributed by atoms with Crippen molar-refractivity contribution in [2.45, 2.75) is 25.9 Å². The van der Waals surface area contributed by atoms with Crippen molar-refractivity contribution in [3.8, 4) is 5.95 Å². The third-order valence-electron chi connectivity index (χ3n) is 5.03. The van der Waals surface area contributed by atoms with E-state index in [0.29, 0.717) is 25.5 Å². The monoisotopic (exact) mass is 409 g/mol. The van der Waals surface area contributed by atoms with Gasteiger partial charge in [0.25, 0.3) is 0 Å². The average Bonchev–Trinajstić information content (AvgIpc) is 3.28. The Balaban J connectivity index is 1.45. The first-order valence-electron chi connectivity index (χ1n) is 9.91. The molecule has 1 unspecified atom stereocenters. The van der Waals surface area contributed by atoms with E-state index >= 15 is 0 Å². The maximum absolute atomic E-state index is 13.0. The molecular formula is C21H24FN7O. The van der Waals surface area contributed by atoms with Crippen LogP contribution in [0.4, 0.5) is 10.2 Å². The number of anilines is 1. The first kappa shape index (κ1) is 20.0. The largest absolute Gasteiger partial charge is 0.352 e. The van der Waals surface area contributed by atoms with E-state index in [2.05, 4.69) is 25.5 Å². The Hall–Kier alpha value is -3.33. The van der Waals surface area contributed by atoms with Crippen LogP contribution in [0.15, 0.2) is 49.1 Å². The Labute approximate surface area is 174 Å². The number of carbonyl (C=O) groups excluding carboxylic acids is 1. The van der Waals surface area contributed by atoms with E-state index in [4.69, 9.17) is 4.98 Å². The lowest BCUT2D eigenvalue weighted by Crippen LogP contribution is -2.53. The van der Waals surface area contributed by atoms with Crippen LogP contribution < -0.4 is 15.5 Å². The maximum Gasteiger partial charge on any atom is 0.237 e. The van der Waals surface area contributed by atoms with E-state index in [1.165, 1.54) is 12.1 Å². The highest BCUT2D eigenvalue weighted by atomic mass is 19.1. The molecule has 8 nitrogen and oxygen atoms in total. The minimum Gasteiger partial charge on any atom is -0.352 e. The maximum atomic E-state index is 13.0. The summed E-state index contributed by atoms with van der Waals surface area (Å²) in [6.07, 6.45) is 5.48. The summed E-state index contributed by atoms with van der Waals surface area (Å²) in [7, 11) is 0. The summed E-state index contributed by atoms with van der Waals surface area (Å²) in [4.78, 5) is 28.0. The highest BCUT2D eigenvalue weighted by Gasteiger charge is 2.26. The van der Waals surface area contributed by atoms with Crippen molar-refractivity contribution in [1.29, 1.82) is 0 Å². The fourth-order valence-corrected chi connectivity index (χ4v) is 3.51. The summed E-state index contributed by atoms with van der Waals surface area (Å²) in [6, 6.07) is 8.04. The number of aromatic nitrogens is 4. The fraction of sp³-hybridized carbons (Fsp3) is 0.333. The van der Waals surface area contributed by atoms with Gasteiger partial charge in [0.05, 0.1) is 6.04 Å². The van der Waals surface area contributed by atoms with Crippen molar-refractivity contribution < 1.29 is 9.18 Å². The van der Waals surface area contributed by atoms with Gasteiger partial charge in [0.15, 0.2) is 0 Å². The van der Waals surface area contributed by atoms with E-state index in [1.54, 1.807) is 35.4 Å². The smallest absolute Gasteiger partial charge is 0.237 e. The van der Waals surface area contributed by atoms with E-state index in [-0.39, 0.29) is 17.8 Å². The summed E-state index contributed by atoms with van der Waals surface area (Å²) in [5, 5.41) is 6.28. The number of aryl methyl sites for hydroxylation is 1. The second kappa shape index (κ2) is 9.00. The van der Waals surface area contributed by atoms with Gasteiger partial charge >= 0.3 is 0 Å². The molecule has 1 aliphatic rings. The van der Waals surface area contributed by atoms with Crippen LogP contribution in [0.2, 0.25) is 0 Å². The Bertz CT molecular complexity index is 991. The third-order valence-corrected chi connectivity index (χ3v) is 5.03. The number of piperazine rings is 1. The second-order valence-electron chi connectivity index (χ2n) is 7.30. The second-order valence-corrected chi connectivity index (χ2v) is 7.30. The van der Waals surface area contributed by atoms with Crippen LogP contribution in [-0.4, -0.2) is 51.1 Å². The van der Waals surface area contributed by atoms with Gasteiger partial charge in [0.1, 0.15) is 18.0 Å². The van der Waals surface area contributed by atoms with Gasteiger partial charge in [-0.05, 0) is 24.6 Å². The van der Waals surface area contributed by atoms with Crippen LogP contribution in [0.25, 0.3) is 5.95 Å². The first-order chi connectivity index (χ1) is 14.6. The highest BCUT2D eigenvalue weighted by molar-refractivity contribution is 5.77. The molecule has 2 aromatic heterocycles. The molecule has 3 aromatic rings. The van der Waals surface area contributed by atoms with Gasteiger partial charge < -0.3 is 15.5 Å². The molecule has 0 aliphatic carbocycles. The molecule has 1 saturated heterocycles. The quantitative estimate of drug-likeness (QED) is 0.643. The molecule has 1 aliphatic heterocycles. The molecule has 0 radical (unpaired) electrons. The van der Waals surface area contributed by atoms with E-state index in [1.807, 2.05) is 13.0 Å². The molecule has 0 bridgehead atoms.